The van der Waals surface area contributed by atoms with E-state index in [0.717, 1.165) is 12.8 Å². The third-order valence-electron chi connectivity index (χ3n) is 5.60. The predicted molar refractivity (Wildman–Crippen MR) is 129 cm³/mol. The molecule has 0 aliphatic heterocycles. The number of quaternary nitrogens is 1. The molecular formula is C26H50NO4+. The van der Waals surface area contributed by atoms with E-state index in [1.165, 1.54) is 77.0 Å². The maximum Gasteiger partial charge on any atom is 0.361 e. The molecule has 5 nitrogen and oxygen atoms in total. The largest absolute Gasteiger partial charge is 0.462 e. The first-order valence-electron chi connectivity index (χ1n) is 12.6. The SMILES string of the molecule is C=C(C)C(=O)OCC[N+](C)(C)CC(=O)OCCCCCCCCCCCCCCCC. The van der Waals surface area contributed by atoms with Gasteiger partial charge >= 0.3 is 11.9 Å². The molecule has 0 saturated heterocycles. The Labute approximate surface area is 192 Å². The van der Waals surface area contributed by atoms with E-state index in [-0.39, 0.29) is 25.1 Å². The maximum atomic E-state index is 12.0. The lowest BCUT2D eigenvalue weighted by atomic mass is 10.0. The minimum Gasteiger partial charge on any atom is -0.462 e. The number of ether oxygens (including phenoxy) is 2. The van der Waals surface area contributed by atoms with Crippen LogP contribution in [0.25, 0.3) is 0 Å². The van der Waals surface area contributed by atoms with E-state index in [1.807, 2.05) is 14.1 Å². The molecule has 0 aromatic heterocycles. The summed E-state index contributed by atoms with van der Waals surface area (Å²) in [5, 5.41) is 0. The number of unbranched alkanes of at least 4 members (excludes halogenated alkanes) is 13. The van der Waals surface area contributed by atoms with Gasteiger partial charge in [0.25, 0.3) is 0 Å². The summed E-state index contributed by atoms with van der Waals surface area (Å²) in [5.41, 5.74) is 0.387. The highest BCUT2D eigenvalue weighted by Gasteiger charge is 2.21. The van der Waals surface area contributed by atoms with Gasteiger partial charge in [0.1, 0.15) is 13.2 Å². The minimum atomic E-state index is -0.389. The lowest BCUT2D eigenvalue weighted by molar-refractivity contribution is -0.883. The number of carbonyl (C=O) groups excluding carboxylic acids is 2. The van der Waals surface area contributed by atoms with Gasteiger partial charge < -0.3 is 14.0 Å². The van der Waals surface area contributed by atoms with Crippen molar-refractivity contribution in [3.05, 3.63) is 12.2 Å². The first-order valence-corrected chi connectivity index (χ1v) is 12.6. The van der Waals surface area contributed by atoms with E-state index in [1.54, 1.807) is 6.92 Å². The van der Waals surface area contributed by atoms with Crippen molar-refractivity contribution in [1.29, 1.82) is 0 Å². The summed E-state index contributed by atoms with van der Waals surface area (Å²) in [6, 6.07) is 0. The van der Waals surface area contributed by atoms with Crippen LogP contribution in [0.3, 0.4) is 0 Å². The molecule has 0 heterocycles. The van der Waals surface area contributed by atoms with Gasteiger partial charge in [-0.15, -0.1) is 0 Å². The van der Waals surface area contributed by atoms with Crippen molar-refractivity contribution in [3.63, 3.8) is 0 Å². The zero-order valence-electron chi connectivity index (χ0n) is 21.0. The Kier molecular flexibility index (Phi) is 18.5. The minimum absolute atomic E-state index is 0.189. The first kappa shape index (κ1) is 29.6. The molecule has 0 aromatic carbocycles. The topological polar surface area (TPSA) is 52.6 Å². The first-order chi connectivity index (χ1) is 14.8. The average molecular weight is 441 g/mol. The van der Waals surface area contributed by atoms with Crippen LogP contribution in [-0.4, -0.2) is 56.8 Å². The zero-order chi connectivity index (χ0) is 23.4. The number of hydrogen-bond donors (Lipinski definition) is 0. The molecule has 0 fully saturated rings. The van der Waals surface area contributed by atoms with Crippen LogP contribution in [0.15, 0.2) is 12.2 Å². The standard InChI is InChI=1S/C26H50NO4/c1-6-7-8-9-10-11-12-13-14-15-16-17-18-19-21-30-25(28)23-27(4,5)20-22-31-26(29)24(2)3/h2,6-23H2,1,3-5H3/q+1. The molecule has 0 unspecified atom stereocenters. The van der Waals surface area contributed by atoms with Crippen LogP contribution in [0, 0.1) is 0 Å². The Bertz CT molecular complexity index is 488. The Balaban J connectivity index is 3.49. The van der Waals surface area contributed by atoms with Gasteiger partial charge in [-0.3, -0.25) is 0 Å². The third-order valence-corrected chi connectivity index (χ3v) is 5.60. The van der Waals surface area contributed by atoms with Gasteiger partial charge in [0.2, 0.25) is 0 Å². The van der Waals surface area contributed by atoms with Gasteiger partial charge in [-0.05, 0) is 13.3 Å². The summed E-state index contributed by atoms with van der Waals surface area (Å²) in [6.07, 6.45) is 18.4. The number of esters is 2. The number of likely N-dealkylation sites (N-methyl/N-ethyl adjacent to an activating group) is 1. The molecule has 0 saturated carbocycles. The lowest BCUT2D eigenvalue weighted by Crippen LogP contribution is -2.46. The lowest BCUT2D eigenvalue weighted by Gasteiger charge is -2.28. The van der Waals surface area contributed by atoms with Crippen molar-refractivity contribution >= 4 is 11.9 Å². The number of nitrogens with zero attached hydrogens (tertiary/aromatic N) is 1. The molecule has 0 aliphatic carbocycles. The highest BCUT2D eigenvalue weighted by molar-refractivity contribution is 5.86. The summed E-state index contributed by atoms with van der Waals surface area (Å²) in [5.74, 6) is -0.577. The summed E-state index contributed by atoms with van der Waals surface area (Å²) in [6.45, 7) is 9.06. The zero-order valence-corrected chi connectivity index (χ0v) is 21.0. The average Bonchev–Trinajstić information content (AvgIpc) is 2.70. The fourth-order valence-electron chi connectivity index (χ4n) is 3.47. The van der Waals surface area contributed by atoms with Crippen LogP contribution >= 0.6 is 0 Å². The highest BCUT2D eigenvalue weighted by atomic mass is 16.5. The second kappa shape index (κ2) is 19.3. The molecule has 0 amide bonds. The normalized spacial score (nSPS) is 11.4. The summed E-state index contributed by atoms with van der Waals surface area (Å²) in [4.78, 5) is 23.4. The summed E-state index contributed by atoms with van der Waals surface area (Å²) < 4.78 is 10.9. The van der Waals surface area contributed by atoms with Crippen LogP contribution in [0.1, 0.15) is 104 Å². The van der Waals surface area contributed by atoms with E-state index in [2.05, 4.69) is 13.5 Å². The van der Waals surface area contributed by atoms with Gasteiger partial charge in [0.15, 0.2) is 6.54 Å². The fourth-order valence-corrected chi connectivity index (χ4v) is 3.47. The molecule has 0 bridgehead atoms. The Morgan fingerprint density at radius 2 is 1.16 bits per heavy atom. The Morgan fingerprint density at radius 3 is 1.61 bits per heavy atom. The van der Waals surface area contributed by atoms with Gasteiger partial charge in [-0.1, -0.05) is 97.0 Å². The van der Waals surface area contributed by atoms with Gasteiger partial charge in [0.05, 0.1) is 20.7 Å². The Hall–Kier alpha value is -1.36. The molecule has 0 rings (SSSR count). The van der Waals surface area contributed by atoms with E-state index >= 15 is 0 Å². The van der Waals surface area contributed by atoms with E-state index in [0.29, 0.717) is 23.2 Å². The molecular weight excluding hydrogens is 390 g/mol. The second-order valence-corrected chi connectivity index (χ2v) is 9.55. The number of hydrogen-bond acceptors (Lipinski definition) is 4. The van der Waals surface area contributed by atoms with Gasteiger partial charge in [-0.2, -0.15) is 0 Å². The monoisotopic (exact) mass is 440 g/mol. The smallest absolute Gasteiger partial charge is 0.361 e. The summed E-state index contributed by atoms with van der Waals surface area (Å²) in [7, 11) is 3.87. The van der Waals surface area contributed by atoms with Crippen LogP contribution in [-0.2, 0) is 19.1 Å². The van der Waals surface area contributed by atoms with Gasteiger partial charge in [0, 0.05) is 5.57 Å². The van der Waals surface area contributed by atoms with Crippen molar-refractivity contribution in [2.45, 2.75) is 104 Å². The predicted octanol–water partition coefficient (Wildman–Crippen LogP) is 6.21. The molecule has 31 heavy (non-hydrogen) atoms. The molecule has 0 radical (unpaired) electrons. The molecule has 182 valence electrons. The van der Waals surface area contributed by atoms with Crippen molar-refractivity contribution in [1.82, 2.24) is 0 Å². The number of carbonyl (C=O) groups is 2. The van der Waals surface area contributed by atoms with E-state index in [9.17, 15) is 9.59 Å². The van der Waals surface area contributed by atoms with Crippen LogP contribution < -0.4 is 0 Å². The number of rotatable bonds is 21. The Morgan fingerprint density at radius 1 is 0.710 bits per heavy atom. The summed E-state index contributed by atoms with van der Waals surface area (Å²) >= 11 is 0. The molecule has 5 heteroatoms. The van der Waals surface area contributed by atoms with Crippen molar-refractivity contribution in [2.75, 3.05) is 40.4 Å². The third kappa shape index (κ3) is 20.3. The van der Waals surface area contributed by atoms with E-state index < -0.39 is 0 Å². The van der Waals surface area contributed by atoms with Crippen molar-refractivity contribution in [3.8, 4) is 0 Å². The molecule has 0 atom stereocenters. The second-order valence-electron chi connectivity index (χ2n) is 9.55. The van der Waals surface area contributed by atoms with Crippen LogP contribution in [0.2, 0.25) is 0 Å². The van der Waals surface area contributed by atoms with Crippen LogP contribution in [0.4, 0.5) is 0 Å². The van der Waals surface area contributed by atoms with Crippen molar-refractivity contribution in [2.24, 2.45) is 0 Å². The maximum absolute atomic E-state index is 12.0. The molecule has 0 spiro atoms. The van der Waals surface area contributed by atoms with Gasteiger partial charge in [-0.25, -0.2) is 9.59 Å². The van der Waals surface area contributed by atoms with Crippen molar-refractivity contribution < 1.29 is 23.5 Å². The fraction of sp³-hybridized carbons (Fsp3) is 0.846. The quantitative estimate of drug-likeness (QED) is 0.0922. The highest BCUT2D eigenvalue weighted by Crippen LogP contribution is 2.13. The molecule has 0 aromatic rings. The van der Waals surface area contributed by atoms with Crippen LogP contribution in [0.5, 0.6) is 0 Å². The van der Waals surface area contributed by atoms with E-state index in [4.69, 9.17) is 9.47 Å². The molecule has 0 N–H and O–H groups in total. The molecule has 0 aliphatic rings.